The Morgan fingerprint density at radius 2 is 2.28 bits per heavy atom. The molecule has 0 spiro atoms. The number of aromatic nitrogens is 1. The van der Waals surface area contributed by atoms with Crippen LogP contribution in [0.1, 0.15) is 37.0 Å². The van der Waals surface area contributed by atoms with Crippen LogP contribution in [-0.4, -0.2) is 29.1 Å². The van der Waals surface area contributed by atoms with Crippen molar-refractivity contribution in [3.05, 3.63) is 29.0 Å². The molecule has 0 saturated carbocycles. The zero-order valence-electron chi connectivity index (χ0n) is 10.7. The molecule has 0 unspecified atom stereocenters. The van der Waals surface area contributed by atoms with Crippen LogP contribution in [0.2, 0.25) is 5.02 Å². The Kier molecular flexibility index (Phi) is 5.56. The average molecular weight is 271 g/mol. The highest BCUT2D eigenvalue weighted by Gasteiger charge is 2.19. The summed E-state index contributed by atoms with van der Waals surface area (Å²) in [7, 11) is 0. The fraction of sp³-hybridized carbons (Fsp3) is 0.538. The Hall–Kier alpha value is -1.13. The largest absolute Gasteiger partial charge is 0.396 e. The van der Waals surface area contributed by atoms with E-state index in [0.29, 0.717) is 17.1 Å². The Morgan fingerprint density at radius 3 is 2.89 bits per heavy atom. The number of nitrogens with zero attached hydrogens (tertiary/aromatic N) is 1. The number of hydrogen-bond donors (Lipinski definition) is 2. The van der Waals surface area contributed by atoms with Crippen LogP contribution in [-0.2, 0) is 0 Å². The second-order valence-electron chi connectivity index (χ2n) is 5.03. The van der Waals surface area contributed by atoms with E-state index in [0.717, 1.165) is 12.8 Å². The van der Waals surface area contributed by atoms with Crippen molar-refractivity contribution in [2.45, 2.75) is 26.7 Å². The molecule has 18 heavy (non-hydrogen) atoms. The number of carbonyl (C=O) groups is 1. The molecule has 0 radical (unpaired) electrons. The molecule has 0 aliphatic carbocycles. The number of pyridine rings is 1. The minimum Gasteiger partial charge on any atom is -0.396 e. The number of amides is 1. The van der Waals surface area contributed by atoms with Gasteiger partial charge in [0.2, 0.25) is 0 Å². The molecule has 0 bridgehead atoms. The minimum atomic E-state index is -0.217. The van der Waals surface area contributed by atoms with Crippen LogP contribution in [0.3, 0.4) is 0 Å². The molecule has 1 amide bonds. The highest BCUT2D eigenvalue weighted by Crippen LogP contribution is 2.21. The van der Waals surface area contributed by atoms with Crippen molar-refractivity contribution in [3.63, 3.8) is 0 Å². The highest BCUT2D eigenvalue weighted by atomic mass is 35.5. The second-order valence-corrected chi connectivity index (χ2v) is 5.44. The first kappa shape index (κ1) is 14.9. The molecular formula is C13H19ClN2O2. The number of rotatable bonds is 6. The molecule has 1 heterocycles. The SMILES string of the molecule is CC(C)(CCCO)CNC(=O)c1cnccc1Cl. The summed E-state index contributed by atoms with van der Waals surface area (Å²) in [5, 5.41) is 12.1. The molecule has 0 aliphatic heterocycles. The number of halogens is 1. The Bertz CT molecular complexity index is 408. The normalized spacial score (nSPS) is 11.3. The summed E-state index contributed by atoms with van der Waals surface area (Å²) in [6.07, 6.45) is 4.59. The molecule has 5 heteroatoms. The standard InChI is InChI=1S/C13H19ClN2O2/c1-13(2,5-3-7-17)9-16-12(18)10-8-15-6-4-11(10)14/h4,6,8,17H,3,5,7,9H2,1-2H3,(H,16,18). The fourth-order valence-corrected chi connectivity index (χ4v) is 1.80. The third-order valence-electron chi connectivity index (χ3n) is 2.75. The van der Waals surface area contributed by atoms with E-state index in [2.05, 4.69) is 10.3 Å². The van der Waals surface area contributed by atoms with E-state index in [1.54, 1.807) is 12.3 Å². The maximum absolute atomic E-state index is 11.9. The van der Waals surface area contributed by atoms with Gasteiger partial charge in [-0.3, -0.25) is 9.78 Å². The van der Waals surface area contributed by atoms with Gasteiger partial charge in [-0.2, -0.15) is 0 Å². The Labute approximate surface area is 112 Å². The van der Waals surface area contributed by atoms with Crippen LogP contribution in [0.25, 0.3) is 0 Å². The molecule has 4 nitrogen and oxygen atoms in total. The molecule has 2 N–H and O–H groups in total. The third-order valence-corrected chi connectivity index (χ3v) is 3.08. The van der Waals surface area contributed by atoms with Crippen molar-refractivity contribution < 1.29 is 9.90 Å². The maximum atomic E-state index is 11.9. The molecule has 0 saturated heterocycles. The van der Waals surface area contributed by atoms with Gasteiger partial charge in [0.15, 0.2) is 0 Å². The summed E-state index contributed by atoms with van der Waals surface area (Å²) in [6.45, 7) is 4.81. The predicted molar refractivity (Wildman–Crippen MR) is 71.7 cm³/mol. The molecular weight excluding hydrogens is 252 g/mol. The molecule has 100 valence electrons. The maximum Gasteiger partial charge on any atom is 0.254 e. The summed E-state index contributed by atoms with van der Waals surface area (Å²) in [4.78, 5) is 15.8. The van der Waals surface area contributed by atoms with Crippen molar-refractivity contribution >= 4 is 17.5 Å². The van der Waals surface area contributed by atoms with E-state index in [1.165, 1.54) is 6.20 Å². The molecule has 0 aromatic carbocycles. The number of aliphatic hydroxyl groups is 1. The van der Waals surface area contributed by atoms with Gasteiger partial charge in [0, 0.05) is 25.5 Å². The van der Waals surface area contributed by atoms with Gasteiger partial charge >= 0.3 is 0 Å². The monoisotopic (exact) mass is 270 g/mol. The van der Waals surface area contributed by atoms with E-state index in [9.17, 15) is 4.79 Å². The van der Waals surface area contributed by atoms with Gasteiger partial charge in [-0.15, -0.1) is 0 Å². The zero-order chi connectivity index (χ0) is 13.6. The van der Waals surface area contributed by atoms with Crippen LogP contribution in [0, 0.1) is 5.41 Å². The Morgan fingerprint density at radius 1 is 1.56 bits per heavy atom. The topological polar surface area (TPSA) is 62.2 Å². The molecule has 0 fully saturated rings. The van der Waals surface area contributed by atoms with Crippen molar-refractivity contribution in [2.24, 2.45) is 5.41 Å². The van der Waals surface area contributed by atoms with E-state index >= 15 is 0 Å². The van der Waals surface area contributed by atoms with Gasteiger partial charge in [-0.25, -0.2) is 0 Å². The van der Waals surface area contributed by atoms with Crippen LogP contribution in [0.15, 0.2) is 18.5 Å². The number of hydrogen-bond acceptors (Lipinski definition) is 3. The summed E-state index contributed by atoms with van der Waals surface area (Å²) in [6, 6.07) is 1.59. The van der Waals surface area contributed by atoms with E-state index in [1.807, 2.05) is 13.8 Å². The van der Waals surface area contributed by atoms with Gasteiger partial charge in [0.05, 0.1) is 10.6 Å². The van der Waals surface area contributed by atoms with Crippen molar-refractivity contribution in [2.75, 3.05) is 13.2 Å². The van der Waals surface area contributed by atoms with Gasteiger partial charge in [0.25, 0.3) is 5.91 Å². The van der Waals surface area contributed by atoms with E-state index < -0.39 is 0 Å². The summed E-state index contributed by atoms with van der Waals surface area (Å²) in [5.41, 5.74) is 0.338. The third kappa shape index (κ3) is 4.63. The van der Waals surface area contributed by atoms with Crippen molar-refractivity contribution in [1.82, 2.24) is 10.3 Å². The number of nitrogens with one attached hydrogen (secondary N) is 1. The van der Waals surface area contributed by atoms with E-state index in [4.69, 9.17) is 16.7 Å². The Balaban J connectivity index is 2.54. The molecule has 1 aromatic heterocycles. The lowest BCUT2D eigenvalue weighted by Crippen LogP contribution is -2.34. The smallest absolute Gasteiger partial charge is 0.254 e. The minimum absolute atomic E-state index is 0.0485. The molecule has 0 aliphatic rings. The summed E-state index contributed by atoms with van der Waals surface area (Å²) >= 11 is 5.92. The first-order chi connectivity index (χ1) is 8.46. The fourth-order valence-electron chi connectivity index (χ4n) is 1.61. The zero-order valence-corrected chi connectivity index (χ0v) is 11.5. The summed E-state index contributed by atoms with van der Waals surface area (Å²) < 4.78 is 0. The second kappa shape index (κ2) is 6.71. The number of carbonyl (C=O) groups excluding carboxylic acids is 1. The van der Waals surface area contributed by atoms with Crippen LogP contribution < -0.4 is 5.32 Å². The lowest BCUT2D eigenvalue weighted by atomic mass is 9.88. The van der Waals surface area contributed by atoms with Gasteiger partial charge in [0.1, 0.15) is 0 Å². The van der Waals surface area contributed by atoms with Crippen LogP contribution >= 0.6 is 11.6 Å². The molecule has 1 aromatic rings. The van der Waals surface area contributed by atoms with Crippen LogP contribution in [0.4, 0.5) is 0 Å². The van der Waals surface area contributed by atoms with Crippen LogP contribution in [0.5, 0.6) is 0 Å². The van der Waals surface area contributed by atoms with E-state index in [-0.39, 0.29) is 17.9 Å². The predicted octanol–water partition coefficient (Wildman–Crippen LogP) is 2.26. The quantitative estimate of drug-likeness (QED) is 0.834. The van der Waals surface area contributed by atoms with Crippen molar-refractivity contribution in [3.8, 4) is 0 Å². The molecule has 1 rings (SSSR count). The lowest BCUT2D eigenvalue weighted by Gasteiger charge is -2.24. The first-order valence-corrected chi connectivity index (χ1v) is 6.33. The van der Waals surface area contributed by atoms with Crippen molar-refractivity contribution in [1.29, 1.82) is 0 Å². The average Bonchev–Trinajstić information content (AvgIpc) is 2.34. The highest BCUT2D eigenvalue weighted by molar-refractivity contribution is 6.33. The first-order valence-electron chi connectivity index (χ1n) is 5.95. The number of aliphatic hydroxyl groups excluding tert-OH is 1. The molecule has 0 atom stereocenters. The van der Waals surface area contributed by atoms with Gasteiger partial charge in [-0.1, -0.05) is 25.4 Å². The van der Waals surface area contributed by atoms with Gasteiger partial charge < -0.3 is 10.4 Å². The van der Waals surface area contributed by atoms with Gasteiger partial charge in [-0.05, 0) is 24.3 Å². The summed E-state index contributed by atoms with van der Waals surface area (Å²) in [5.74, 6) is -0.217. The lowest BCUT2D eigenvalue weighted by molar-refractivity contribution is 0.0932.